The molecule has 90 valence electrons. The zero-order valence-electron chi connectivity index (χ0n) is 10.6. The van der Waals surface area contributed by atoms with Crippen molar-refractivity contribution in [2.24, 2.45) is 0 Å². The Morgan fingerprint density at radius 3 is 2.47 bits per heavy atom. The van der Waals surface area contributed by atoms with Crippen molar-refractivity contribution in [2.45, 2.75) is 51.6 Å². The third-order valence-electron chi connectivity index (χ3n) is 1.77. The Kier molecular flexibility index (Phi) is 7.12. The molecule has 0 amide bonds. The second-order valence-electron chi connectivity index (χ2n) is 4.82. The van der Waals surface area contributed by atoms with E-state index in [2.05, 4.69) is 19.6 Å². The fourth-order valence-corrected chi connectivity index (χ4v) is 2.85. The molecule has 1 unspecified atom stereocenters. The molecule has 0 rings (SSSR count). The van der Waals surface area contributed by atoms with Gasteiger partial charge in [-0.05, 0) is 33.0 Å². The van der Waals surface area contributed by atoms with Crippen molar-refractivity contribution in [2.75, 3.05) is 6.61 Å². The lowest BCUT2D eigenvalue weighted by atomic mass is 10.3. The van der Waals surface area contributed by atoms with Crippen molar-refractivity contribution in [3.8, 4) is 0 Å². The largest absolute Gasteiger partial charge is 0.466 e. The maximum Gasteiger partial charge on any atom is 0.308 e. The lowest BCUT2D eigenvalue weighted by Gasteiger charge is -2.22. The smallest absolute Gasteiger partial charge is 0.308 e. The molecular weight excluding hydrogens is 224 g/mol. The summed E-state index contributed by atoms with van der Waals surface area (Å²) in [6.45, 7) is 8.87. The predicted molar refractivity (Wildman–Crippen MR) is 68.8 cm³/mol. The molecule has 0 saturated heterocycles. The van der Waals surface area contributed by atoms with Crippen LogP contribution < -0.4 is 0 Å². The minimum absolute atomic E-state index is 0.0137. The number of rotatable bonds is 7. The fourth-order valence-electron chi connectivity index (χ4n) is 1.27. The molecule has 0 spiro atoms. The Morgan fingerprint density at radius 1 is 1.40 bits per heavy atom. The molecule has 0 bridgehead atoms. The molecule has 0 N–H and O–H groups in total. The molecular formula is C10H24O3Si2. The lowest BCUT2D eigenvalue weighted by Crippen LogP contribution is -2.32. The highest BCUT2D eigenvalue weighted by Crippen LogP contribution is 2.10. The summed E-state index contributed by atoms with van der Waals surface area (Å²) in [5.41, 5.74) is 0. The molecule has 3 nitrogen and oxygen atoms in total. The summed E-state index contributed by atoms with van der Waals surface area (Å²) in [6.07, 6.45) is 1.37. The number of ether oxygens (including phenoxy) is 1. The molecule has 0 radical (unpaired) electrons. The van der Waals surface area contributed by atoms with E-state index in [9.17, 15) is 4.79 Å². The van der Waals surface area contributed by atoms with Crippen molar-refractivity contribution < 1.29 is 14.0 Å². The topological polar surface area (TPSA) is 35.5 Å². The van der Waals surface area contributed by atoms with Crippen LogP contribution >= 0.6 is 0 Å². The summed E-state index contributed by atoms with van der Waals surface area (Å²) in [6, 6.07) is 1.19. The van der Waals surface area contributed by atoms with Crippen molar-refractivity contribution in [3.63, 3.8) is 0 Å². The van der Waals surface area contributed by atoms with E-state index in [0.717, 1.165) is 6.42 Å². The summed E-state index contributed by atoms with van der Waals surface area (Å²) in [5, 5.41) is 0. The molecule has 0 aliphatic carbocycles. The molecule has 0 saturated carbocycles. The van der Waals surface area contributed by atoms with E-state index in [-0.39, 0.29) is 12.1 Å². The maximum absolute atomic E-state index is 11.3. The van der Waals surface area contributed by atoms with Crippen LogP contribution in [0.25, 0.3) is 0 Å². The van der Waals surface area contributed by atoms with Gasteiger partial charge in [-0.3, -0.25) is 4.79 Å². The molecule has 0 aliphatic rings. The Balaban J connectivity index is 3.67. The van der Waals surface area contributed by atoms with E-state index < -0.39 is 8.32 Å². The number of carbonyl (C=O) groups excluding carboxylic acids is 1. The highest BCUT2D eigenvalue weighted by atomic mass is 28.4. The average molecular weight is 248 g/mol. The molecule has 0 aliphatic heterocycles. The first-order chi connectivity index (χ1) is 6.85. The van der Waals surface area contributed by atoms with Crippen LogP contribution in [0.1, 0.15) is 19.8 Å². The minimum atomic E-state index is -1.53. The van der Waals surface area contributed by atoms with Crippen LogP contribution in [0.3, 0.4) is 0 Å². The van der Waals surface area contributed by atoms with Gasteiger partial charge >= 0.3 is 5.97 Å². The van der Waals surface area contributed by atoms with Gasteiger partial charge in [0, 0.05) is 10.2 Å². The first-order valence-electron chi connectivity index (χ1n) is 5.68. The molecule has 1 atom stereocenters. The van der Waals surface area contributed by atoms with E-state index in [1.54, 1.807) is 0 Å². The van der Waals surface area contributed by atoms with E-state index >= 15 is 0 Å². The van der Waals surface area contributed by atoms with Gasteiger partial charge in [-0.25, -0.2) is 0 Å². The van der Waals surface area contributed by atoms with Crippen molar-refractivity contribution in [1.29, 1.82) is 0 Å². The molecule has 0 fully saturated rings. The van der Waals surface area contributed by atoms with E-state index in [1.807, 2.05) is 6.92 Å². The van der Waals surface area contributed by atoms with Crippen LogP contribution in [0.15, 0.2) is 0 Å². The zero-order valence-corrected chi connectivity index (χ0v) is 13.6. The summed E-state index contributed by atoms with van der Waals surface area (Å²) in [5.74, 6) is -0.129. The molecule has 0 aromatic carbocycles. The number of carbonyl (C=O) groups is 1. The molecule has 15 heavy (non-hydrogen) atoms. The quantitative estimate of drug-likeness (QED) is 0.387. The second-order valence-corrected chi connectivity index (χ2v) is 10.3. The number of hydrogen-bond acceptors (Lipinski definition) is 3. The summed E-state index contributed by atoms with van der Waals surface area (Å²) < 4.78 is 10.8. The standard InChI is InChI=1S/C10H24O3Si2/c1-9(13-15(2,3)4)8-10(11)12-6-5-7-14/h9H,5-8H2,1-4,14H3. The van der Waals surface area contributed by atoms with Crippen molar-refractivity contribution >= 4 is 24.5 Å². The Labute approximate surface area is 97.1 Å². The lowest BCUT2D eigenvalue weighted by molar-refractivity contribution is -0.145. The van der Waals surface area contributed by atoms with Crippen LogP contribution in [0.4, 0.5) is 0 Å². The fraction of sp³-hybridized carbons (Fsp3) is 0.900. The molecule has 0 heterocycles. The Morgan fingerprint density at radius 2 is 2.00 bits per heavy atom. The van der Waals surface area contributed by atoms with Crippen LogP contribution in [0, 0.1) is 0 Å². The van der Waals surface area contributed by atoms with Gasteiger partial charge in [0.1, 0.15) is 0 Å². The predicted octanol–water partition coefficient (Wildman–Crippen LogP) is 1.33. The van der Waals surface area contributed by atoms with Crippen molar-refractivity contribution in [3.05, 3.63) is 0 Å². The van der Waals surface area contributed by atoms with Gasteiger partial charge in [0.15, 0.2) is 8.32 Å². The van der Waals surface area contributed by atoms with Gasteiger partial charge in [-0.15, -0.1) is 0 Å². The van der Waals surface area contributed by atoms with Crippen LogP contribution in [0.2, 0.25) is 25.7 Å². The highest BCUT2D eigenvalue weighted by Gasteiger charge is 2.20. The minimum Gasteiger partial charge on any atom is -0.466 e. The van der Waals surface area contributed by atoms with E-state index in [0.29, 0.717) is 13.0 Å². The van der Waals surface area contributed by atoms with Gasteiger partial charge < -0.3 is 9.16 Å². The summed E-state index contributed by atoms with van der Waals surface area (Å²) in [7, 11) is -0.346. The zero-order chi connectivity index (χ0) is 11.9. The third kappa shape index (κ3) is 10.2. The number of hydrogen-bond donors (Lipinski definition) is 0. The monoisotopic (exact) mass is 248 g/mol. The van der Waals surface area contributed by atoms with Crippen LogP contribution in [0.5, 0.6) is 0 Å². The van der Waals surface area contributed by atoms with Gasteiger partial charge in [-0.2, -0.15) is 0 Å². The molecule has 0 aromatic rings. The maximum atomic E-state index is 11.3. The van der Waals surface area contributed by atoms with Crippen molar-refractivity contribution in [1.82, 2.24) is 0 Å². The van der Waals surface area contributed by atoms with Gasteiger partial charge in [-0.1, -0.05) is 6.04 Å². The normalized spacial score (nSPS) is 13.9. The van der Waals surface area contributed by atoms with Crippen LogP contribution in [-0.4, -0.2) is 37.2 Å². The number of esters is 1. The highest BCUT2D eigenvalue weighted by molar-refractivity contribution is 6.69. The Hall–Kier alpha value is -0.136. The van der Waals surface area contributed by atoms with Gasteiger partial charge in [0.05, 0.1) is 19.1 Å². The summed E-state index contributed by atoms with van der Waals surface area (Å²) >= 11 is 0. The Bertz CT molecular complexity index is 190. The average Bonchev–Trinajstić information content (AvgIpc) is 2.00. The SMILES string of the molecule is CC(CC(=O)OCCC[SiH3])O[Si](C)(C)C. The first-order valence-corrected chi connectivity index (χ1v) is 10.5. The second kappa shape index (κ2) is 7.19. The first kappa shape index (κ1) is 14.9. The van der Waals surface area contributed by atoms with Gasteiger partial charge in [0.25, 0.3) is 0 Å². The molecule has 5 heteroatoms. The summed E-state index contributed by atoms with van der Waals surface area (Å²) in [4.78, 5) is 11.3. The molecule has 0 aromatic heterocycles. The van der Waals surface area contributed by atoms with E-state index in [4.69, 9.17) is 9.16 Å². The van der Waals surface area contributed by atoms with Gasteiger partial charge in [0.2, 0.25) is 0 Å². The van der Waals surface area contributed by atoms with E-state index in [1.165, 1.54) is 16.3 Å². The third-order valence-corrected chi connectivity index (χ3v) is 3.59. The van der Waals surface area contributed by atoms with Crippen LogP contribution in [-0.2, 0) is 14.0 Å².